The molecule has 54 valence electrons. The lowest BCUT2D eigenvalue weighted by Gasteiger charge is -2.01. The molecule has 0 heterocycles. The Kier molecular flexibility index (Phi) is 2.52. The van der Waals surface area contributed by atoms with Crippen LogP contribution < -0.4 is 5.19 Å². The second-order valence-electron chi connectivity index (χ2n) is 2.71. The summed E-state index contributed by atoms with van der Waals surface area (Å²) in [6.07, 6.45) is 0. The maximum absolute atomic E-state index is 5.73. The van der Waals surface area contributed by atoms with Crippen LogP contribution in [0.15, 0.2) is 24.3 Å². The van der Waals surface area contributed by atoms with Crippen LogP contribution in [0.1, 0.15) is 0 Å². The van der Waals surface area contributed by atoms with Gasteiger partial charge >= 0.3 is 0 Å². The minimum Gasteiger partial charge on any atom is -0.0843 e. The molecule has 0 amide bonds. The van der Waals surface area contributed by atoms with Crippen molar-refractivity contribution in [1.82, 2.24) is 0 Å². The van der Waals surface area contributed by atoms with Crippen molar-refractivity contribution in [2.45, 2.75) is 13.1 Å². The van der Waals surface area contributed by atoms with Gasteiger partial charge in [0.2, 0.25) is 0 Å². The highest BCUT2D eigenvalue weighted by molar-refractivity contribution is 6.70. The molecule has 1 aromatic rings. The summed E-state index contributed by atoms with van der Waals surface area (Å²) in [5.41, 5.74) is 0. The van der Waals surface area contributed by atoms with E-state index in [2.05, 4.69) is 25.2 Å². The van der Waals surface area contributed by atoms with E-state index in [1.54, 1.807) is 0 Å². The number of rotatable bonds is 1. The summed E-state index contributed by atoms with van der Waals surface area (Å²) >= 11 is 5.73. The molecule has 0 saturated carbocycles. The first-order chi connectivity index (χ1) is 4.70. The molecular formula is C8H11ClSi. The maximum Gasteiger partial charge on any atom is 0.0647 e. The van der Waals surface area contributed by atoms with Crippen LogP contribution in [0.2, 0.25) is 18.1 Å². The highest BCUT2D eigenvalue weighted by atomic mass is 35.5. The summed E-state index contributed by atoms with van der Waals surface area (Å²) < 4.78 is 0. The molecule has 2 heteroatoms. The van der Waals surface area contributed by atoms with E-state index in [0.29, 0.717) is 0 Å². The van der Waals surface area contributed by atoms with Crippen molar-refractivity contribution >= 4 is 25.6 Å². The first kappa shape index (κ1) is 7.83. The molecular weight excluding hydrogens is 160 g/mol. The number of benzene rings is 1. The molecule has 0 saturated heterocycles. The molecule has 1 aromatic carbocycles. The van der Waals surface area contributed by atoms with Crippen molar-refractivity contribution in [2.24, 2.45) is 0 Å². The van der Waals surface area contributed by atoms with Gasteiger partial charge in [-0.1, -0.05) is 42.0 Å². The lowest BCUT2D eigenvalue weighted by molar-refractivity contribution is 1.74. The standard InChI is InChI=1S/C8H11ClSi/c1-10(2)8-5-3-7(9)4-6-8/h3-6,10H,1-2H3. The normalized spacial score (nSPS) is 10.4. The molecule has 0 aromatic heterocycles. The van der Waals surface area contributed by atoms with Crippen LogP contribution in [0.25, 0.3) is 0 Å². The fourth-order valence-corrected chi connectivity index (χ4v) is 1.94. The second-order valence-corrected chi connectivity index (χ2v) is 6.12. The molecule has 0 aliphatic heterocycles. The molecule has 1 rings (SSSR count). The number of halogens is 1. The van der Waals surface area contributed by atoms with E-state index < -0.39 is 8.80 Å². The molecule has 0 aliphatic rings. The van der Waals surface area contributed by atoms with Crippen LogP contribution >= 0.6 is 11.6 Å². The van der Waals surface area contributed by atoms with Crippen molar-refractivity contribution in [3.05, 3.63) is 29.3 Å². The Morgan fingerprint density at radius 1 is 1.10 bits per heavy atom. The smallest absolute Gasteiger partial charge is 0.0647 e. The van der Waals surface area contributed by atoms with Gasteiger partial charge in [-0.2, -0.15) is 0 Å². The minimum atomic E-state index is -0.608. The van der Waals surface area contributed by atoms with Crippen LogP contribution in [-0.2, 0) is 0 Å². The lowest BCUT2D eigenvalue weighted by atomic mass is 10.4. The Morgan fingerprint density at radius 2 is 1.60 bits per heavy atom. The van der Waals surface area contributed by atoms with Crippen molar-refractivity contribution in [2.75, 3.05) is 0 Å². The molecule has 0 unspecified atom stereocenters. The highest BCUT2D eigenvalue weighted by Crippen LogP contribution is 2.03. The van der Waals surface area contributed by atoms with Gasteiger partial charge in [0, 0.05) is 5.02 Å². The monoisotopic (exact) mass is 170 g/mol. The Labute approximate surface area is 68.4 Å². The molecule has 0 radical (unpaired) electrons. The van der Waals surface area contributed by atoms with Gasteiger partial charge in [0.05, 0.1) is 8.80 Å². The van der Waals surface area contributed by atoms with Crippen molar-refractivity contribution in [3.8, 4) is 0 Å². The minimum absolute atomic E-state index is 0.608. The van der Waals surface area contributed by atoms with Crippen LogP contribution in [0.4, 0.5) is 0 Å². The van der Waals surface area contributed by atoms with Gasteiger partial charge in [0.15, 0.2) is 0 Å². The predicted octanol–water partition coefficient (Wildman–Crippen LogP) is 2.03. The zero-order valence-corrected chi connectivity index (χ0v) is 8.18. The second kappa shape index (κ2) is 3.22. The van der Waals surface area contributed by atoms with Gasteiger partial charge < -0.3 is 0 Å². The van der Waals surface area contributed by atoms with Gasteiger partial charge in [-0.25, -0.2) is 0 Å². The molecule has 0 fully saturated rings. The molecule has 0 bridgehead atoms. The van der Waals surface area contributed by atoms with Crippen LogP contribution in [-0.4, -0.2) is 8.80 Å². The average Bonchev–Trinajstić information content (AvgIpc) is 1.88. The van der Waals surface area contributed by atoms with E-state index in [-0.39, 0.29) is 0 Å². The van der Waals surface area contributed by atoms with Gasteiger partial charge in [0.1, 0.15) is 0 Å². The Bertz CT molecular complexity index is 203. The first-order valence-corrected chi connectivity index (χ1v) is 6.72. The van der Waals surface area contributed by atoms with E-state index >= 15 is 0 Å². The largest absolute Gasteiger partial charge is 0.0843 e. The summed E-state index contributed by atoms with van der Waals surface area (Å²) in [6.45, 7) is 4.62. The van der Waals surface area contributed by atoms with Crippen LogP contribution in [0.3, 0.4) is 0 Å². The summed E-state index contributed by atoms with van der Waals surface area (Å²) in [6, 6.07) is 8.17. The van der Waals surface area contributed by atoms with Crippen molar-refractivity contribution < 1.29 is 0 Å². The molecule has 0 N–H and O–H groups in total. The molecule has 0 atom stereocenters. The summed E-state index contributed by atoms with van der Waals surface area (Å²) in [5, 5.41) is 2.31. The summed E-state index contributed by atoms with van der Waals surface area (Å²) in [4.78, 5) is 0. The van der Waals surface area contributed by atoms with Crippen molar-refractivity contribution in [1.29, 1.82) is 0 Å². The average molecular weight is 171 g/mol. The third kappa shape index (κ3) is 1.86. The zero-order chi connectivity index (χ0) is 7.56. The summed E-state index contributed by atoms with van der Waals surface area (Å²) in [7, 11) is -0.608. The first-order valence-electron chi connectivity index (χ1n) is 3.45. The number of hydrogen-bond acceptors (Lipinski definition) is 0. The molecule has 0 spiro atoms. The quantitative estimate of drug-likeness (QED) is 0.566. The van der Waals surface area contributed by atoms with Gasteiger partial charge in [-0.15, -0.1) is 0 Å². The molecule has 0 aliphatic carbocycles. The maximum atomic E-state index is 5.73. The SMILES string of the molecule is C[SiH](C)c1ccc(Cl)cc1. The molecule has 10 heavy (non-hydrogen) atoms. The van der Waals surface area contributed by atoms with Gasteiger partial charge in [-0.05, 0) is 12.1 Å². The van der Waals surface area contributed by atoms with E-state index in [1.165, 1.54) is 5.19 Å². The van der Waals surface area contributed by atoms with E-state index in [0.717, 1.165) is 5.02 Å². The van der Waals surface area contributed by atoms with Gasteiger partial charge in [-0.3, -0.25) is 0 Å². The van der Waals surface area contributed by atoms with Gasteiger partial charge in [0.25, 0.3) is 0 Å². The van der Waals surface area contributed by atoms with Crippen molar-refractivity contribution in [3.63, 3.8) is 0 Å². The van der Waals surface area contributed by atoms with E-state index in [1.807, 2.05) is 12.1 Å². The number of hydrogen-bond donors (Lipinski definition) is 0. The third-order valence-corrected chi connectivity index (χ3v) is 3.51. The zero-order valence-electron chi connectivity index (χ0n) is 6.26. The van der Waals surface area contributed by atoms with E-state index in [9.17, 15) is 0 Å². The van der Waals surface area contributed by atoms with E-state index in [4.69, 9.17) is 11.6 Å². The lowest BCUT2D eigenvalue weighted by Crippen LogP contribution is -2.21. The summed E-state index contributed by atoms with van der Waals surface area (Å²) in [5.74, 6) is 0. The van der Waals surface area contributed by atoms with Crippen LogP contribution in [0.5, 0.6) is 0 Å². The Hall–Kier alpha value is -0.273. The highest BCUT2D eigenvalue weighted by Gasteiger charge is 1.97. The predicted molar refractivity (Wildman–Crippen MR) is 50.0 cm³/mol. The fraction of sp³-hybridized carbons (Fsp3) is 0.250. The van der Waals surface area contributed by atoms with Crippen LogP contribution in [0, 0.1) is 0 Å². The Balaban J connectivity index is 2.89. The molecule has 0 nitrogen and oxygen atoms in total. The fourth-order valence-electron chi connectivity index (χ4n) is 0.848. The Morgan fingerprint density at radius 3 is 2.00 bits per heavy atom. The topological polar surface area (TPSA) is 0 Å². The third-order valence-electron chi connectivity index (χ3n) is 1.54.